The summed E-state index contributed by atoms with van der Waals surface area (Å²) in [7, 11) is 3.21. The van der Waals surface area contributed by atoms with Crippen LogP contribution in [0, 0.1) is 0 Å². The highest BCUT2D eigenvalue weighted by molar-refractivity contribution is 5.65. The average Bonchev–Trinajstić information content (AvgIpc) is 3.11. The number of benzene rings is 2. The number of methoxy groups -OCH3 is 2. The van der Waals surface area contributed by atoms with Gasteiger partial charge in [0.25, 0.3) is 0 Å². The fourth-order valence-electron chi connectivity index (χ4n) is 2.33. The summed E-state index contributed by atoms with van der Waals surface area (Å²) in [6.07, 6.45) is 0. The number of rotatable bonds is 5. The molecule has 118 valence electrons. The fraction of sp³-hybridized carbons (Fsp3) is 0.176. The first kappa shape index (κ1) is 15.1. The first-order valence-corrected chi connectivity index (χ1v) is 7.10. The van der Waals surface area contributed by atoms with Crippen molar-refractivity contribution in [1.82, 2.24) is 15.2 Å². The van der Waals surface area contributed by atoms with Gasteiger partial charge in [0, 0.05) is 11.1 Å². The number of H-pyrrole nitrogens is 1. The average molecular weight is 311 g/mol. The SMILES string of the molecule is COc1cccc(-c2n[nH]c(-c3ccc(OC)cc3CO)n2)c1. The first-order chi connectivity index (χ1) is 11.2. The molecule has 6 nitrogen and oxygen atoms in total. The first-order valence-electron chi connectivity index (χ1n) is 7.10. The van der Waals surface area contributed by atoms with Gasteiger partial charge in [0.2, 0.25) is 0 Å². The van der Waals surface area contributed by atoms with E-state index in [-0.39, 0.29) is 6.61 Å². The lowest BCUT2D eigenvalue weighted by molar-refractivity contribution is 0.281. The predicted octanol–water partition coefficient (Wildman–Crippen LogP) is 2.65. The van der Waals surface area contributed by atoms with E-state index in [9.17, 15) is 5.11 Å². The Morgan fingerprint density at radius 2 is 1.83 bits per heavy atom. The zero-order chi connectivity index (χ0) is 16.2. The number of aromatic nitrogens is 3. The van der Waals surface area contributed by atoms with Crippen LogP contribution in [0.3, 0.4) is 0 Å². The Balaban J connectivity index is 1.98. The molecule has 2 aromatic carbocycles. The number of aromatic amines is 1. The largest absolute Gasteiger partial charge is 0.497 e. The van der Waals surface area contributed by atoms with E-state index in [1.165, 1.54) is 0 Å². The standard InChI is InChI=1S/C17H17N3O3/c1-22-13-5-3-4-11(8-13)16-18-17(20-19-16)15-7-6-14(23-2)9-12(15)10-21/h3-9,21H,10H2,1-2H3,(H,18,19,20). The summed E-state index contributed by atoms with van der Waals surface area (Å²) in [4.78, 5) is 4.52. The topological polar surface area (TPSA) is 80.3 Å². The molecule has 0 aliphatic carbocycles. The Labute approximate surface area is 133 Å². The predicted molar refractivity (Wildman–Crippen MR) is 86.3 cm³/mol. The number of hydrogen-bond donors (Lipinski definition) is 2. The molecule has 2 N–H and O–H groups in total. The van der Waals surface area contributed by atoms with Crippen molar-refractivity contribution in [2.45, 2.75) is 6.61 Å². The van der Waals surface area contributed by atoms with Crippen molar-refractivity contribution in [3.05, 3.63) is 48.0 Å². The molecule has 0 fully saturated rings. The van der Waals surface area contributed by atoms with Crippen molar-refractivity contribution in [2.24, 2.45) is 0 Å². The van der Waals surface area contributed by atoms with E-state index in [2.05, 4.69) is 15.2 Å². The molecule has 1 heterocycles. The van der Waals surface area contributed by atoms with E-state index in [4.69, 9.17) is 9.47 Å². The normalized spacial score (nSPS) is 10.6. The molecule has 0 radical (unpaired) electrons. The van der Waals surface area contributed by atoms with Gasteiger partial charge in [-0.2, -0.15) is 5.10 Å². The number of nitrogens with zero attached hydrogens (tertiary/aromatic N) is 2. The molecule has 3 rings (SSSR count). The van der Waals surface area contributed by atoms with Crippen LogP contribution in [0.5, 0.6) is 11.5 Å². The monoisotopic (exact) mass is 311 g/mol. The third-order valence-corrected chi connectivity index (χ3v) is 3.55. The summed E-state index contributed by atoms with van der Waals surface area (Å²) in [6.45, 7) is -0.109. The lowest BCUT2D eigenvalue weighted by atomic mass is 10.1. The Kier molecular flexibility index (Phi) is 4.25. The van der Waals surface area contributed by atoms with Gasteiger partial charge in [-0.1, -0.05) is 12.1 Å². The van der Waals surface area contributed by atoms with E-state index < -0.39 is 0 Å². The number of aliphatic hydroxyl groups is 1. The van der Waals surface area contributed by atoms with E-state index >= 15 is 0 Å². The highest BCUT2D eigenvalue weighted by Gasteiger charge is 2.12. The molecule has 0 saturated carbocycles. The molecule has 6 heteroatoms. The molecule has 0 unspecified atom stereocenters. The van der Waals surface area contributed by atoms with Crippen LogP contribution in [-0.2, 0) is 6.61 Å². The minimum atomic E-state index is -0.109. The van der Waals surface area contributed by atoms with Crippen LogP contribution in [0.1, 0.15) is 5.56 Å². The summed E-state index contributed by atoms with van der Waals surface area (Å²) < 4.78 is 10.4. The molecule has 0 amide bonds. The number of nitrogens with one attached hydrogen (secondary N) is 1. The van der Waals surface area contributed by atoms with E-state index in [0.29, 0.717) is 17.4 Å². The molecular formula is C17H17N3O3. The second kappa shape index (κ2) is 6.50. The molecule has 0 spiro atoms. The zero-order valence-electron chi connectivity index (χ0n) is 12.9. The molecule has 3 aromatic rings. The fourth-order valence-corrected chi connectivity index (χ4v) is 2.33. The molecule has 0 saturated heterocycles. The van der Waals surface area contributed by atoms with Gasteiger partial charge in [-0.15, -0.1) is 0 Å². The quantitative estimate of drug-likeness (QED) is 0.757. The second-order valence-electron chi connectivity index (χ2n) is 4.92. The molecule has 0 atom stereocenters. The summed E-state index contributed by atoms with van der Waals surface area (Å²) >= 11 is 0. The van der Waals surface area contributed by atoms with Crippen LogP contribution in [0.4, 0.5) is 0 Å². The molecule has 0 bridgehead atoms. The molecule has 23 heavy (non-hydrogen) atoms. The number of aliphatic hydroxyl groups excluding tert-OH is 1. The van der Waals surface area contributed by atoms with Gasteiger partial charge in [0.05, 0.1) is 20.8 Å². The van der Waals surface area contributed by atoms with Crippen molar-refractivity contribution in [3.63, 3.8) is 0 Å². The Morgan fingerprint density at radius 3 is 2.57 bits per heavy atom. The van der Waals surface area contributed by atoms with Crippen molar-refractivity contribution in [2.75, 3.05) is 14.2 Å². The summed E-state index contributed by atoms with van der Waals surface area (Å²) in [6, 6.07) is 13.0. The highest BCUT2D eigenvalue weighted by Crippen LogP contribution is 2.27. The minimum absolute atomic E-state index is 0.109. The maximum atomic E-state index is 9.56. The van der Waals surface area contributed by atoms with Crippen molar-refractivity contribution >= 4 is 0 Å². The van der Waals surface area contributed by atoms with Gasteiger partial charge < -0.3 is 14.6 Å². The number of hydrogen-bond acceptors (Lipinski definition) is 5. The van der Waals surface area contributed by atoms with Gasteiger partial charge in [0.1, 0.15) is 11.5 Å². The summed E-state index contributed by atoms with van der Waals surface area (Å²) in [5.74, 6) is 2.59. The van der Waals surface area contributed by atoms with Crippen molar-refractivity contribution < 1.29 is 14.6 Å². The van der Waals surface area contributed by atoms with E-state index in [0.717, 1.165) is 22.4 Å². The third kappa shape index (κ3) is 3.02. The molecular weight excluding hydrogens is 294 g/mol. The maximum absolute atomic E-state index is 9.56. The highest BCUT2D eigenvalue weighted by atomic mass is 16.5. The van der Waals surface area contributed by atoms with E-state index in [1.807, 2.05) is 36.4 Å². The van der Waals surface area contributed by atoms with Gasteiger partial charge >= 0.3 is 0 Å². The lowest BCUT2D eigenvalue weighted by Gasteiger charge is -2.07. The maximum Gasteiger partial charge on any atom is 0.181 e. The Morgan fingerprint density at radius 1 is 1.04 bits per heavy atom. The van der Waals surface area contributed by atoms with Gasteiger partial charge in [-0.3, -0.25) is 5.10 Å². The van der Waals surface area contributed by atoms with Gasteiger partial charge in [0.15, 0.2) is 11.6 Å². The minimum Gasteiger partial charge on any atom is -0.497 e. The summed E-state index contributed by atoms with van der Waals surface area (Å²) in [5, 5.41) is 16.7. The Bertz CT molecular complexity index is 814. The second-order valence-corrected chi connectivity index (χ2v) is 4.92. The number of ether oxygens (including phenoxy) is 2. The molecule has 1 aromatic heterocycles. The molecule has 0 aliphatic heterocycles. The van der Waals surface area contributed by atoms with Crippen LogP contribution in [0.25, 0.3) is 22.8 Å². The van der Waals surface area contributed by atoms with Crippen molar-refractivity contribution in [1.29, 1.82) is 0 Å². The van der Waals surface area contributed by atoms with Gasteiger partial charge in [-0.25, -0.2) is 4.98 Å². The molecule has 0 aliphatic rings. The van der Waals surface area contributed by atoms with Crippen LogP contribution >= 0.6 is 0 Å². The smallest absolute Gasteiger partial charge is 0.181 e. The van der Waals surface area contributed by atoms with Crippen LogP contribution < -0.4 is 9.47 Å². The van der Waals surface area contributed by atoms with Crippen LogP contribution in [0.2, 0.25) is 0 Å². The van der Waals surface area contributed by atoms with E-state index in [1.54, 1.807) is 20.3 Å². The van der Waals surface area contributed by atoms with Crippen molar-refractivity contribution in [3.8, 4) is 34.3 Å². The zero-order valence-corrected chi connectivity index (χ0v) is 12.9. The van der Waals surface area contributed by atoms with Gasteiger partial charge in [-0.05, 0) is 35.9 Å². The summed E-state index contributed by atoms with van der Waals surface area (Å²) in [5.41, 5.74) is 2.36. The Hall–Kier alpha value is -2.86. The lowest BCUT2D eigenvalue weighted by Crippen LogP contribution is -1.93. The van der Waals surface area contributed by atoms with Crippen LogP contribution in [0.15, 0.2) is 42.5 Å². The third-order valence-electron chi connectivity index (χ3n) is 3.55. The van der Waals surface area contributed by atoms with Crippen LogP contribution in [-0.4, -0.2) is 34.5 Å².